The van der Waals surface area contributed by atoms with E-state index in [9.17, 15) is 24.7 Å². The summed E-state index contributed by atoms with van der Waals surface area (Å²) in [7, 11) is 0. The maximum atomic E-state index is 14.4. The third-order valence-corrected chi connectivity index (χ3v) is 8.81. The minimum atomic E-state index is -1.63. The highest BCUT2D eigenvalue weighted by molar-refractivity contribution is 6.00. The van der Waals surface area contributed by atoms with Gasteiger partial charge in [0.05, 0.1) is 57.7 Å². The zero-order chi connectivity index (χ0) is 27.5. The molecule has 0 radical (unpaired) electrons. The first kappa shape index (κ1) is 25.7. The molecule has 0 spiro atoms. The molecule has 9 nitrogen and oxygen atoms in total. The summed E-state index contributed by atoms with van der Waals surface area (Å²) in [5.41, 5.74) is 1.21. The van der Waals surface area contributed by atoms with E-state index in [1.165, 1.54) is 26.2 Å². The Labute approximate surface area is 226 Å². The largest absolute Gasteiger partial charge is 0.390 e. The molecule has 4 N–H and O–H groups in total. The summed E-state index contributed by atoms with van der Waals surface area (Å²) in [5, 5.41) is 40.8. The van der Waals surface area contributed by atoms with Crippen molar-refractivity contribution < 1.29 is 19.4 Å². The van der Waals surface area contributed by atoms with E-state index in [4.69, 9.17) is 0 Å². The normalized spacial score (nSPS) is 28.3. The van der Waals surface area contributed by atoms with Crippen molar-refractivity contribution in [1.29, 1.82) is 5.26 Å². The fraction of sp³-hybridized carbons (Fsp3) is 0.517. The molecule has 4 fully saturated rings. The lowest BCUT2D eigenvalue weighted by molar-refractivity contribution is -0.129. The molecule has 4 aliphatic rings. The number of halogens is 1. The van der Waals surface area contributed by atoms with E-state index in [-0.39, 0.29) is 18.2 Å². The summed E-state index contributed by atoms with van der Waals surface area (Å²) in [4.78, 5) is 17.8. The molecule has 10 heteroatoms. The number of carbonyl (C=O) groups is 1. The van der Waals surface area contributed by atoms with Crippen LogP contribution in [0, 0.1) is 29.1 Å². The number of nitrogens with one attached hydrogen (secondary N) is 2. The van der Waals surface area contributed by atoms with Crippen molar-refractivity contribution in [2.24, 2.45) is 17.8 Å². The van der Waals surface area contributed by atoms with E-state index in [1.54, 1.807) is 10.6 Å². The summed E-state index contributed by atoms with van der Waals surface area (Å²) in [6.45, 7) is 2.40. The van der Waals surface area contributed by atoms with Gasteiger partial charge in [0.2, 0.25) is 0 Å². The first-order chi connectivity index (χ1) is 18.5. The average Bonchev–Trinajstić information content (AvgIpc) is 3.30. The highest BCUT2D eigenvalue weighted by Gasteiger charge is 2.54. The zero-order valence-corrected chi connectivity index (χ0v) is 22.1. The predicted molar refractivity (Wildman–Crippen MR) is 143 cm³/mol. The van der Waals surface area contributed by atoms with Gasteiger partial charge in [0.25, 0.3) is 5.91 Å². The molecule has 0 aromatic carbocycles. The Balaban J connectivity index is 1.34. The average molecular weight is 533 g/mol. The minimum Gasteiger partial charge on any atom is -0.390 e. The number of fused-ring (bicyclic) bond motifs is 1. The Hall–Kier alpha value is -3.55. The molecule has 4 aliphatic carbocycles. The number of aliphatic hydroxyl groups is 2. The van der Waals surface area contributed by atoms with Gasteiger partial charge in [-0.25, -0.2) is 8.91 Å². The van der Waals surface area contributed by atoms with E-state index in [0.29, 0.717) is 40.4 Å². The van der Waals surface area contributed by atoms with Crippen LogP contribution in [0.4, 0.5) is 10.1 Å². The predicted octanol–water partition coefficient (Wildman–Crippen LogP) is 3.46. The molecule has 39 heavy (non-hydrogen) atoms. The second kappa shape index (κ2) is 9.28. The van der Waals surface area contributed by atoms with E-state index in [1.807, 2.05) is 18.2 Å². The van der Waals surface area contributed by atoms with Crippen LogP contribution in [0.5, 0.6) is 0 Å². The van der Waals surface area contributed by atoms with Gasteiger partial charge >= 0.3 is 0 Å². The van der Waals surface area contributed by atoms with Crippen LogP contribution >= 0.6 is 0 Å². The van der Waals surface area contributed by atoms with Crippen LogP contribution in [0.2, 0.25) is 0 Å². The van der Waals surface area contributed by atoms with Crippen LogP contribution in [0.15, 0.2) is 36.7 Å². The molecule has 4 saturated carbocycles. The summed E-state index contributed by atoms with van der Waals surface area (Å²) in [6.07, 6.45) is 5.84. The molecule has 0 aliphatic heterocycles. The van der Waals surface area contributed by atoms with Gasteiger partial charge in [0.1, 0.15) is 12.2 Å². The topological polar surface area (TPSA) is 136 Å². The maximum absolute atomic E-state index is 14.4. The number of alkyl halides is 1. The number of nitriles is 1. The molecule has 3 heterocycles. The number of hydrogen-bond acceptors (Lipinski definition) is 7. The van der Waals surface area contributed by atoms with Crippen LogP contribution in [0.25, 0.3) is 16.9 Å². The fourth-order valence-corrected chi connectivity index (χ4v) is 7.07. The quantitative estimate of drug-likeness (QED) is 0.366. The number of aromatic nitrogens is 3. The second-order valence-electron chi connectivity index (χ2n) is 12.2. The number of pyridine rings is 1. The molecule has 7 rings (SSSR count). The molecule has 2 unspecified atom stereocenters. The van der Waals surface area contributed by atoms with Gasteiger partial charge in [-0.2, -0.15) is 10.4 Å². The summed E-state index contributed by atoms with van der Waals surface area (Å²) in [6, 6.07) is 9.48. The standard InChI is InChI=1S/C29H33FN6O3/c1-28(2,38)25(30)15-33-27(37)21-14-32-23(24-4-3-20-7-17(12-31)13-34-36(20)24)8-22(21)35-26-18-5-16-6-19(26)11-29(39,9-16)10-18/h3-4,7-8,13-14,16,18-19,25-26,38-39H,5-6,9-11,15H2,1-2H3,(H,32,35)(H,33,37)/t16?,18?,19?,25-,26?,29?/m1/s1. The van der Waals surface area contributed by atoms with Crippen LogP contribution in [-0.2, 0) is 0 Å². The Morgan fingerprint density at radius 1 is 1.26 bits per heavy atom. The lowest BCUT2D eigenvalue weighted by atomic mass is 9.52. The number of carbonyl (C=O) groups excluding carboxylic acids is 1. The van der Waals surface area contributed by atoms with Crippen LogP contribution < -0.4 is 10.6 Å². The first-order valence-electron chi connectivity index (χ1n) is 13.5. The number of amides is 1. The number of hydrogen-bond donors (Lipinski definition) is 4. The fourth-order valence-electron chi connectivity index (χ4n) is 7.07. The van der Waals surface area contributed by atoms with E-state index < -0.39 is 23.3 Å². The van der Waals surface area contributed by atoms with Crippen LogP contribution in [0.1, 0.15) is 61.9 Å². The number of nitrogens with zero attached hydrogens (tertiary/aromatic N) is 4. The Bertz CT molecular complexity index is 1460. The van der Waals surface area contributed by atoms with Crippen LogP contribution in [0.3, 0.4) is 0 Å². The third-order valence-electron chi connectivity index (χ3n) is 8.81. The van der Waals surface area contributed by atoms with Crippen molar-refractivity contribution in [1.82, 2.24) is 19.9 Å². The van der Waals surface area contributed by atoms with Crippen molar-refractivity contribution in [3.05, 3.63) is 47.8 Å². The molecular weight excluding hydrogens is 499 g/mol. The monoisotopic (exact) mass is 532 g/mol. The van der Waals surface area contributed by atoms with Gasteiger partial charge in [-0.15, -0.1) is 0 Å². The van der Waals surface area contributed by atoms with Crippen molar-refractivity contribution in [3.8, 4) is 17.5 Å². The van der Waals surface area contributed by atoms with Crippen molar-refractivity contribution in [3.63, 3.8) is 0 Å². The Morgan fingerprint density at radius 2 is 2.00 bits per heavy atom. The highest BCUT2D eigenvalue weighted by atomic mass is 19.1. The van der Waals surface area contributed by atoms with E-state index >= 15 is 0 Å². The van der Waals surface area contributed by atoms with Gasteiger partial charge in [0, 0.05) is 12.2 Å². The molecule has 3 aromatic heterocycles. The van der Waals surface area contributed by atoms with Gasteiger partial charge < -0.3 is 20.8 Å². The first-order valence-corrected chi connectivity index (χ1v) is 13.5. The lowest BCUT2D eigenvalue weighted by Gasteiger charge is -2.58. The van der Waals surface area contributed by atoms with Gasteiger partial charge in [-0.3, -0.25) is 9.78 Å². The summed E-state index contributed by atoms with van der Waals surface area (Å²) < 4.78 is 16.1. The van der Waals surface area contributed by atoms with Gasteiger partial charge in [-0.1, -0.05) is 0 Å². The highest BCUT2D eigenvalue weighted by Crippen LogP contribution is 2.56. The lowest BCUT2D eigenvalue weighted by Crippen LogP contribution is -2.59. The maximum Gasteiger partial charge on any atom is 0.255 e. The van der Waals surface area contributed by atoms with Crippen molar-refractivity contribution in [2.45, 2.75) is 69.4 Å². The Morgan fingerprint density at radius 3 is 2.67 bits per heavy atom. The number of rotatable bonds is 7. The van der Waals surface area contributed by atoms with Gasteiger partial charge in [-0.05, 0) is 88.0 Å². The van der Waals surface area contributed by atoms with Crippen molar-refractivity contribution >= 4 is 17.1 Å². The van der Waals surface area contributed by atoms with E-state index in [0.717, 1.165) is 37.6 Å². The molecule has 4 bridgehead atoms. The van der Waals surface area contributed by atoms with Crippen LogP contribution in [-0.4, -0.2) is 60.7 Å². The molecule has 3 aromatic rings. The Kier molecular flexibility index (Phi) is 6.12. The minimum absolute atomic E-state index is 0.106. The summed E-state index contributed by atoms with van der Waals surface area (Å²) >= 11 is 0. The summed E-state index contributed by atoms with van der Waals surface area (Å²) in [5.74, 6) is 0.669. The molecule has 3 atom stereocenters. The van der Waals surface area contributed by atoms with Crippen molar-refractivity contribution in [2.75, 3.05) is 11.9 Å². The molecular formula is C29H33FN6O3. The number of anilines is 1. The smallest absolute Gasteiger partial charge is 0.255 e. The molecule has 204 valence electrons. The third kappa shape index (κ3) is 4.74. The zero-order valence-electron chi connectivity index (χ0n) is 22.1. The second-order valence-corrected chi connectivity index (χ2v) is 12.2. The SMILES string of the molecule is CC(C)(O)[C@H](F)CNC(=O)c1cnc(-c2ccc3cc(C#N)cnn23)cc1NC1C2CC3CC1CC(O)(C3)C2. The van der Waals surface area contributed by atoms with E-state index in [2.05, 4.69) is 26.8 Å². The molecule has 1 amide bonds. The van der Waals surface area contributed by atoms with Gasteiger partial charge in [0.15, 0.2) is 0 Å². The molecule has 0 saturated heterocycles.